The van der Waals surface area contributed by atoms with Crippen LogP contribution in [0.15, 0.2) is 41.4 Å². The average molecular weight is 448 g/mol. The number of rotatable bonds is 9. The zero-order chi connectivity index (χ0) is 22.3. The van der Waals surface area contributed by atoms with Gasteiger partial charge in [-0.1, -0.05) is 19.4 Å². The van der Waals surface area contributed by atoms with E-state index in [0.717, 1.165) is 39.0 Å². The molecule has 0 radical (unpaired) electrons. The number of carbonyl (C=O) groups excluding carboxylic acids is 1. The first-order valence-electron chi connectivity index (χ1n) is 10.4. The number of amides is 1. The normalized spacial score (nSPS) is 14.2. The Hall–Kier alpha value is -2.85. The van der Waals surface area contributed by atoms with Gasteiger partial charge in [0.15, 0.2) is 0 Å². The maximum atomic E-state index is 12.9. The van der Waals surface area contributed by atoms with Gasteiger partial charge < -0.3 is 20.3 Å². The Kier molecular flexibility index (Phi) is 7.69. The molecule has 2 heterocycles. The van der Waals surface area contributed by atoms with Crippen LogP contribution in [0.4, 0.5) is 11.5 Å². The van der Waals surface area contributed by atoms with Crippen LogP contribution in [0.3, 0.4) is 0 Å². The lowest BCUT2D eigenvalue weighted by atomic mass is 10.2. The van der Waals surface area contributed by atoms with Gasteiger partial charge >= 0.3 is 0 Å². The zero-order valence-electron chi connectivity index (χ0n) is 17.8. The van der Waals surface area contributed by atoms with Gasteiger partial charge in [0.25, 0.3) is 15.9 Å². The van der Waals surface area contributed by atoms with E-state index in [1.165, 1.54) is 25.4 Å². The summed E-state index contributed by atoms with van der Waals surface area (Å²) in [6.45, 7) is 5.63. The third kappa shape index (κ3) is 5.86. The summed E-state index contributed by atoms with van der Waals surface area (Å²) >= 11 is 0. The maximum absolute atomic E-state index is 12.9. The summed E-state index contributed by atoms with van der Waals surface area (Å²) in [5.41, 5.74) is 0.575. The number of ether oxygens (including phenoxy) is 1. The van der Waals surface area contributed by atoms with Gasteiger partial charge in [0.2, 0.25) is 0 Å². The first-order chi connectivity index (χ1) is 14.9. The monoisotopic (exact) mass is 447 g/mol. The van der Waals surface area contributed by atoms with Crippen molar-refractivity contribution >= 4 is 27.4 Å². The number of nitrogens with zero attached hydrogens (tertiary/aromatic N) is 2. The number of carbonyl (C=O) groups is 1. The number of unbranched alkanes of at least 4 members (excludes halogenated alkanes) is 1. The van der Waals surface area contributed by atoms with Gasteiger partial charge in [-0.2, -0.15) is 0 Å². The van der Waals surface area contributed by atoms with Crippen LogP contribution >= 0.6 is 0 Å². The van der Waals surface area contributed by atoms with E-state index < -0.39 is 10.0 Å². The molecule has 1 amide bonds. The van der Waals surface area contributed by atoms with Crippen molar-refractivity contribution < 1.29 is 17.9 Å². The SMILES string of the molecule is CCCCNC(=O)c1cc(NS(=O)(=O)c2cccc(OC)c2)cnc1N1CCNCC1. The molecule has 3 rings (SSSR count). The van der Waals surface area contributed by atoms with Crippen molar-refractivity contribution in [1.29, 1.82) is 0 Å². The standard InChI is InChI=1S/C21H29N5O4S/c1-3-4-8-23-21(27)19-13-16(15-24-20(19)26-11-9-22-10-12-26)25-31(28,29)18-7-5-6-17(14-18)30-2/h5-7,13-15,22,25H,3-4,8-12H2,1-2H3,(H,23,27). The first kappa shape index (κ1) is 22.8. The highest BCUT2D eigenvalue weighted by Gasteiger charge is 2.22. The predicted molar refractivity (Wildman–Crippen MR) is 120 cm³/mol. The van der Waals surface area contributed by atoms with Gasteiger partial charge in [-0.05, 0) is 24.6 Å². The Morgan fingerprint density at radius 2 is 2.03 bits per heavy atom. The molecule has 1 aliphatic rings. The van der Waals surface area contributed by atoms with Crippen molar-refractivity contribution in [2.75, 3.05) is 49.5 Å². The van der Waals surface area contributed by atoms with E-state index in [1.54, 1.807) is 18.2 Å². The summed E-state index contributed by atoms with van der Waals surface area (Å²) in [6, 6.07) is 7.73. The molecule has 0 spiro atoms. The Balaban J connectivity index is 1.89. The van der Waals surface area contributed by atoms with Gasteiger partial charge in [-0.15, -0.1) is 0 Å². The first-order valence-corrected chi connectivity index (χ1v) is 11.8. The number of anilines is 2. The topological polar surface area (TPSA) is 113 Å². The molecule has 0 atom stereocenters. The number of hydrogen-bond acceptors (Lipinski definition) is 7. The van der Waals surface area contributed by atoms with Gasteiger partial charge in [-0.25, -0.2) is 13.4 Å². The highest BCUT2D eigenvalue weighted by molar-refractivity contribution is 7.92. The van der Waals surface area contributed by atoms with Crippen molar-refractivity contribution in [1.82, 2.24) is 15.6 Å². The van der Waals surface area contributed by atoms with Crippen LogP contribution in [0.2, 0.25) is 0 Å². The molecule has 1 saturated heterocycles. The summed E-state index contributed by atoms with van der Waals surface area (Å²) < 4.78 is 33.3. The molecule has 168 valence electrons. The molecule has 1 aromatic carbocycles. The highest BCUT2D eigenvalue weighted by atomic mass is 32.2. The Morgan fingerprint density at radius 3 is 2.74 bits per heavy atom. The van der Waals surface area contributed by atoms with Crippen LogP contribution in [0.1, 0.15) is 30.1 Å². The van der Waals surface area contributed by atoms with Crippen molar-refractivity contribution in [3.05, 3.63) is 42.1 Å². The van der Waals surface area contributed by atoms with Gasteiger partial charge in [-0.3, -0.25) is 9.52 Å². The molecule has 31 heavy (non-hydrogen) atoms. The third-order valence-corrected chi connectivity index (χ3v) is 6.33. The van der Waals surface area contributed by atoms with E-state index in [-0.39, 0.29) is 16.5 Å². The summed E-state index contributed by atoms with van der Waals surface area (Å²) in [4.78, 5) is 19.4. The second-order valence-corrected chi connectivity index (χ2v) is 8.91. The number of piperazine rings is 1. The van der Waals surface area contributed by atoms with E-state index in [1.807, 2.05) is 11.8 Å². The highest BCUT2D eigenvalue weighted by Crippen LogP contribution is 2.25. The lowest BCUT2D eigenvalue weighted by molar-refractivity contribution is 0.0953. The Labute approximate surface area is 183 Å². The van der Waals surface area contributed by atoms with Crippen LogP contribution < -0.4 is 25.0 Å². The van der Waals surface area contributed by atoms with Crippen LogP contribution in [0.25, 0.3) is 0 Å². The molecule has 1 aliphatic heterocycles. The second kappa shape index (κ2) is 10.5. The fourth-order valence-corrected chi connectivity index (χ4v) is 4.33. The lowest BCUT2D eigenvalue weighted by Crippen LogP contribution is -2.44. The fraction of sp³-hybridized carbons (Fsp3) is 0.429. The molecule has 10 heteroatoms. The van der Waals surface area contributed by atoms with Gasteiger partial charge in [0, 0.05) is 38.8 Å². The Bertz CT molecular complexity index is 1010. The van der Waals surface area contributed by atoms with E-state index >= 15 is 0 Å². The van der Waals surface area contributed by atoms with E-state index in [2.05, 4.69) is 20.3 Å². The molecule has 9 nitrogen and oxygen atoms in total. The quantitative estimate of drug-likeness (QED) is 0.503. The molecule has 1 fully saturated rings. The number of sulfonamides is 1. The summed E-state index contributed by atoms with van der Waals surface area (Å²) in [5, 5.41) is 6.17. The molecule has 0 bridgehead atoms. The summed E-state index contributed by atoms with van der Waals surface area (Å²) in [6.07, 6.45) is 3.27. The molecule has 0 aliphatic carbocycles. The molecular formula is C21H29N5O4S. The van der Waals surface area contributed by atoms with Crippen LogP contribution in [-0.2, 0) is 10.0 Å². The number of benzene rings is 1. The molecule has 1 aromatic heterocycles. The minimum absolute atomic E-state index is 0.0620. The fourth-order valence-electron chi connectivity index (χ4n) is 3.27. The smallest absolute Gasteiger partial charge is 0.262 e. The minimum Gasteiger partial charge on any atom is -0.497 e. The molecule has 2 aromatic rings. The van der Waals surface area contributed by atoms with Crippen LogP contribution in [-0.4, -0.2) is 59.1 Å². The minimum atomic E-state index is -3.87. The average Bonchev–Trinajstić information content (AvgIpc) is 2.79. The largest absolute Gasteiger partial charge is 0.497 e. The number of methoxy groups -OCH3 is 1. The van der Waals surface area contributed by atoms with Crippen LogP contribution in [0, 0.1) is 0 Å². The van der Waals surface area contributed by atoms with Crippen molar-refractivity contribution in [3.63, 3.8) is 0 Å². The molecular weight excluding hydrogens is 418 g/mol. The Morgan fingerprint density at radius 1 is 1.26 bits per heavy atom. The summed E-state index contributed by atoms with van der Waals surface area (Å²) in [5.74, 6) is 0.725. The van der Waals surface area contributed by atoms with E-state index in [4.69, 9.17) is 4.74 Å². The third-order valence-electron chi connectivity index (χ3n) is 4.95. The molecule has 0 unspecified atom stereocenters. The van der Waals surface area contributed by atoms with Gasteiger partial charge in [0.05, 0.1) is 29.5 Å². The van der Waals surface area contributed by atoms with E-state index in [0.29, 0.717) is 23.7 Å². The number of hydrogen-bond donors (Lipinski definition) is 3. The second-order valence-electron chi connectivity index (χ2n) is 7.23. The van der Waals surface area contributed by atoms with Crippen molar-refractivity contribution in [2.24, 2.45) is 0 Å². The predicted octanol–water partition coefficient (Wildman–Crippen LogP) is 1.83. The van der Waals surface area contributed by atoms with Crippen molar-refractivity contribution in [3.8, 4) is 5.75 Å². The number of aromatic nitrogens is 1. The number of nitrogens with one attached hydrogen (secondary N) is 3. The molecule has 0 saturated carbocycles. The number of pyridine rings is 1. The maximum Gasteiger partial charge on any atom is 0.262 e. The van der Waals surface area contributed by atoms with Crippen molar-refractivity contribution in [2.45, 2.75) is 24.7 Å². The van der Waals surface area contributed by atoms with Gasteiger partial charge in [0.1, 0.15) is 11.6 Å². The van der Waals surface area contributed by atoms with Crippen LogP contribution in [0.5, 0.6) is 5.75 Å². The lowest BCUT2D eigenvalue weighted by Gasteiger charge is -2.30. The summed E-state index contributed by atoms with van der Waals surface area (Å²) in [7, 11) is -2.40. The molecule has 3 N–H and O–H groups in total. The van der Waals surface area contributed by atoms with E-state index in [9.17, 15) is 13.2 Å². The zero-order valence-corrected chi connectivity index (χ0v) is 18.7.